The summed E-state index contributed by atoms with van der Waals surface area (Å²) >= 11 is 17.6. The molecule has 0 heterocycles. The molecule has 0 aliphatic heterocycles. The highest BCUT2D eigenvalue weighted by Gasteiger charge is 2.35. The van der Waals surface area contributed by atoms with E-state index < -0.39 is 16.1 Å². The molecule has 7 heteroatoms. The lowest BCUT2D eigenvalue weighted by Crippen LogP contribution is -2.45. The number of hydrogen-bond acceptors (Lipinski definition) is 3. The summed E-state index contributed by atoms with van der Waals surface area (Å²) in [7, 11) is 0. The number of ether oxygens (including phenoxy) is 2. The minimum Gasteiger partial charge on any atom is -0.445 e. The molecule has 1 atom stereocenters. The summed E-state index contributed by atoms with van der Waals surface area (Å²) in [5.41, 5.74) is 1.74. The van der Waals surface area contributed by atoms with E-state index in [9.17, 15) is 4.79 Å². The molecule has 0 bridgehead atoms. The first-order valence-electron chi connectivity index (χ1n) is 7.14. The second kappa shape index (κ2) is 9.14. The van der Waals surface area contributed by atoms with E-state index in [0.717, 1.165) is 11.1 Å². The fourth-order valence-electron chi connectivity index (χ4n) is 1.84. The van der Waals surface area contributed by atoms with E-state index in [1.165, 1.54) is 0 Å². The molecule has 0 saturated heterocycles. The molecule has 0 radical (unpaired) electrons. The number of alkyl carbamates (subject to hydrolysis) is 1. The molecule has 128 valence electrons. The maximum atomic E-state index is 11.9. The van der Waals surface area contributed by atoms with E-state index in [1.807, 2.05) is 60.7 Å². The molecule has 0 spiro atoms. The summed E-state index contributed by atoms with van der Waals surface area (Å²) in [6.07, 6.45) is -1.88. The second-order valence-corrected chi connectivity index (χ2v) is 7.29. The quantitative estimate of drug-likeness (QED) is 0.570. The van der Waals surface area contributed by atoms with Gasteiger partial charge in [0, 0.05) is 0 Å². The van der Waals surface area contributed by atoms with Crippen LogP contribution in [0.1, 0.15) is 11.1 Å². The van der Waals surface area contributed by atoms with Gasteiger partial charge in [0.2, 0.25) is 3.79 Å². The van der Waals surface area contributed by atoms with Crippen LogP contribution in [0.25, 0.3) is 0 Å². The highest BCUT2D eigenvalue weighted by Crippen LogP contribution is 2.31. The number of carbonyl (C=O) groups excluding carboxylic acids is 1. The average Bonchev–Trinajstić information content (AvgIpc) is 2.57. The standard InChI is InChI=1S/C17H16Cl3NO3/c18-17(19,20)15(23-11-13-7-3-1-4-8-13)21-16(22)24-12-14-9-5-2-6-10-14/h1-10,15H,11-12H2,(H,21,22)/t15-/m0/s1. The number of amides is 1. The van der Waals surface area contributed by atoms with Gasteiger partial charge in [0.1, 0.15) is 6.61 Å². The van der Waals surface area contributed by atoms with Crippen LogP contribution < -0.4 is 5.32 Å². The molecule has 0 unspecified atom stereocenters. The third kappa shape index (κ3) is 6.57. The Balaban J connectivity index is 1.87. The zero-order chi connectivity index (χ0) is 17.4. The van der Waals surface area contributed by atoms with Crippen molar-refractivity contribution in [1.29, 1.82) is 0 Å². The van der Waals surface area contributed by atoms with Crippen LogP contribution in [0, 0.1) is 0 Å². The normalized spacial score (nSPS) is 12.5. The molecule has 0 saturated carbocycles. The Morgan fingerprint density at radius 1 is 0.917 bits per heavy atom. The molecule has 4 nitrogen and oxygen atoms in total. The number of rotatable bonds is 6. The molecule has 0 aliphatic carbocycles. The van der Waals surface area contributed by atoms with Gasteiger partial charge in [-0.15, -0.1) is 0 Å². The summed E-state index contributed by atoms with van der Waals surface area (Å²) in [5.74, 6) is 0. The molecule has 0 fully saturated rings. The Bertz CT molecular complexity index is 633. The Labute approximate surface area is 155 Å². The first-order chi connectivity index (χ1) is 11.4. The first-order valence-corrected chi connectivity index (χ1v) is 8.28. The predicted molar refractivity (Wildman–Crippen MR) is 95.1 cm³/mol. The summed E-state index contributed by atoms with van der Waals surface area (Å²) in [6, 6.07) is 18.6. The van der Waals surface area contributed by atoms with Gasteiger partial charge in [0.25, 0.3) is 0 Å². The van der Waals surface area contributed by atoms with Crippen LogP contribution in [0.15, 0.2) is 60.7 Å². The maximum absolute atomic E-state index is 11.9. The molecular formula is C17H16Cl3NO3. The number of halogens is 3. The summed E-state index contributed by atoms with van der Waals surface area (Å²) in [5, 5.41) is 2.42. The van der Waals surface area contributed by atoms with Gasteiger partial charge in [-0.3, -0.25) is 5.32 Å². The molecule has 2 aromatic carbocycles. The maximum Gasteiger partial charge on any atom is 0.409 e. The van der Waals surface area contributed by atoms with E-state index in [1.54, 1.807) is 0 Å². The first kappa shape index (κ1) is 18.9. The van der Waals surface area contributed by atoms with Crippen molar-refractivity contribution >= 4 is 40.9 Å². The molecule has 24 heavy (non-hydrogen) atoms. The molecule has 2 aromatic rings. The fraction of sp³-hybridized carbons (Fsp3) is 0.235. The van der Waals surface area contributed by atoms with E-state index in [4.69, 9.17) is 44.3 Å². The minimum absolute atomic E-state index is 0.109. The number of hydrogen-bond donors (Lipinski definition) is 1. The van der Waals surface area contributed by atoms with Crippen LogP contribution in [0.2, 0.25) is 0 Å². The molecule has 0 aromatic heterocycles. The molecule has 2 rings (SSSR count). The fourth-order valence-corrected chi connectivity index (χ4v) is 2.20. The van der Waals surface area contributed by atoms with E-state index in [2.05, 4.69) is 5.32 Å². The lowest BCUT2D eigenvalue weighted by molar-refractivity contribution is 0.0167. The van der Waals surface area contributed by atoms with Gasteiger partial charge < -0.3 is 9.47 Å². The van der Waals surface area contributed by atoms with Crippen molar-refractivity contribution in [2.45, 2.75) is 23.2 Å². The molecule has 1 amide bonds. The van der Waals surface area contributed by atoms with E-state index >= 15 is 0 Å². The third-order valence-corrected chi connectivity index (χ3v) is 3.61. The Morgan fingerprint density at radius 3 is 1.92 bits per heavy atom. The highest BCUT2D eigenvalue weighted by atomic mass is 35.6. The van der Waals surface area contributed by atoms with Crippen LogP contribution in [0.5, 0.6) is 0 Å². The topological polar surface area (TPSA) is 47.6 Å². The number of carbonyl (C=O) groups is 1. The average molecular weight is 389 g/mol. The van der Waals surface area contributed by atoms with Crippen LogP contribution >= 0.6 is 34.8 Å². The Kier molecular flexibility index (Phi) is 7.18. The monoisotopic (exact) mass is 387 g/mol. The van der Waals surface area contributed by atoms with Gasteiger partial charge in [0.15, 0.2) is 6.23 Å². The third-order valence-electron chi connectivity index (χ3n) is 3.02. The van der Waals surface area contributed by atoms with Crippen molar-refractivity contribution < 1.29 is 14.3 Å². The highest BCUT2D eigenvalue weighted by molar-refractivity contribution is 6.68. The SMILES string of the molecule is O=C(N[C@@H](OCc1ccccc1)C(Cl)(Cl)Cl)OCc1ccccc1. The van der Waals surface area contributed by atoms with Crippen LogP contribution in [-0.2, 0) is 22.7 Å². The smallest absolute Gasteiger partial charge is 0.409 e. The lowest BCUT2D eigenvalue weighted by Gasteiger charge is -2.25. The summed E-state index contributed by atoms with van der Waals surface area (Å²) in [6.45, 7) is 0.288. The Hall–Kier alpha value is -1.46. The van der Waals surface area contributed by atoms with Gasteiger partial charge in [-0.05, 0) is 11.1 Å². The van der Waals surface area contributed by atoms with Gasteiger partial charge in [-0.25, -0.2) is 4.79 Å². The van der Waals surface area contributed by atoms with Crippen molar-refractivity contribution in [2.24, 2.45) is 0 Å². The zero-order valence-electron chi connectivity index (χ0n) is 12.6. The lowest BCUT2D eigenvalue weighted by atomic mass is 10.2. The van der Waals surface area contributed by atoms with Crippen molar-refractivity contribution in [3.8, 4) is 0 Å². The summed E-state index contributed by atoms with van der Waals surface area (Å²) < 4.78 is 8.77. The summed E-state index contributed by atoms with van der Waals surface area (Å²) in [4.78, 5) is 11.9. The van der Waals surface area contributed by atoms with Gasteiger partial charge >= 0.3 is 6.09 Å². The van der Waals surface area contributed by atoms with Crippen molar-refractivity contribution in [1.82, 2.24) is 5.32 Å². The van der Waals surface area contributed by atoms with Gasteiger partial charge in [0.05, 0.1) is 6.61 Å². The Morgan fingerprint density at radius 2 is 1.42 bits per heavy atom. The van der Waals surface area contributed by atoms with E-state index in [-0.39, 0.29) is 13.2 Å². The van der Waals surface area contributed by atoms with Crippen LogP contribution in [-0.4, -0.2) is 16.1 Å². The second-order valence-electron chi connectivity index (χ2n) is 4.92. The molecular weight excluding hydrogens is 373 g/mol. The zero-order valence-corrected chi connectivity index (χ0v) is 14.9. The number of nitrogens with one attached hydrogen (secondary N) is 1. The molecule has 0 aliphatic rings. The van der Waals surface area contributed by atoms with Crippen LogP contribution in [0.3, 0.4) is 0 Å². The van der Waals surface area contributed by atoms with Crippen LogP contribution in [0.4, 0.5) is 4.79 Å². The van der Waals surface area contributed by atoms with Crippen molar-refractivity contribution in [3.63, 3.8) is 0 Å². The number of benzene rings is 2. The minimum atomic E-state index is -1.83. The van der Waals surface area contributed by atoms with Gasteiger partial charge in [-0.1, -0.05) is 95.5 Å². The molecule has 1 N–H and O–H groups in total. The number of alkyl halides is 3. The van der Waals surface area contributed by atoms with Crippen molar-refractivity contribution in [3.05, 3.63) is 71.8 Å². The van der Waals surface area contributed by atoms with Crippen molar-refractivity contribution in [2.75, 3.05) is 0 Å². The largest absolute Gasteiger partial charge is 0.445 e. The van der Waals surface area contributed by atoms with E-state index in [0.29, 0.717) is 0 Å². The predicted octanol–water partition coefficient (Wildman–Crippen LogP) is 4.83. The van der Waals surface area contributed by atoms with Gasteiger partial charge in [-0.2, -0.15) is 0 Å².